The number of aromatic nitrogens is 1. The van der Waals surface area contributed by atoms with Crippen molar-refractivity contribution in [2.45, 2.75) is 44.2 Å². The van der Waals surface area contributed by atoms with E-state index in [0.717, 1.165) is 41.8 Å². The molecule has 1 N–H and O–H groups in total. The fourth-order valence-corrected chi connectivity index (χ4v) is 4.24. The molecule has 1 saturated heterocycles. The van der Waals surface area contributed by atoms with Gasteiger partial charge in [-0.25, -0.2) is 9.37 Å². The minimum absolute atomic E-state index is 0.0567. The number of carbonyl (C=O) groups is 1. The Balaban J connectivity index is 1.27. The SMILES string of the molecule is O=C(Cc1csc(Cc2ccc(F)cc2)n1)NC1CCN(C2CC2)C1. The molecular weight excluding hydrogens is 337 g/mol. The molecule has 4 nitrogen and oxygen atoms in total. The first-order chi connectivity index (χ1) is 12.2. The van der Waals surface area contributed by atoms with Crippen LogP contribution >= 0.6 is 11.3 Å². The highest BCUT2D eigenvalue weighted by Gasteiger charge is 2.34. The van der Waals surface area contributed by atoms with Gasteiger partial charge < -0.3 is 5.32 Å². The minimum atomic E-state index is -0.229. The molecule has 1 aliphatic heterocycles. The summed E-state index contributed by atoms with van der Waals surface area (Å²) in [6.45, 7) is 2.09. The first-order valence-corrected chi connectivity index (χ1v) is 9.75. The third-order valence-corrected chi connectivity index (χ3v) is 5.76. The van der Waals surface area contributed by atoms with Crippen molar-refractivity contribution < 1.29 is 9.18 Å². The summed E-state index contributed by atoms with van der Waals surface area (Å²) in [7, 11) is 0. The van der Waals surface area contributed by atoms with Gasteiger partial charge in [0.1, 0.15) is 5.82 Å². The van der Waals surface area contributed by atoms with Crippen molar-refractivity contribution in [3.8, 4) is 0 Å². The summed E-state index contributed by atoms with van der Waals surface area (Å²) < 4.78 is 13.0. The Kier molecular flexibility index (Phi) is 4.81. The van der Waals surface area contributed by atoms with Gasteiger partial charge in [0, 0.05) is 37.0 Å². The molecule has 4 rings (SSSR count). The molecule has 0 radical (unpaired) electrons. The number of nitrogens with zero attached hydrogens (tertiary/aromatic N) is 2. The lowest BCUT2D eigenvalue weighted by Crippen LogP contribution is -2.38. The lowest BCUT2D eigenvalue weighted by Gasteiger charge is -2.15. The number of hydrogen-bond acceptors (Lipinski definition) is 4. The molecule has 1 atom stereocenters. The van der Waals surface area contributed by atoms with Gasteiger partial charge in [0.15, 0.2) is 0 Å². The summed E-state index contributed by atoms with van der Waals surface area (Å²) in [5.74, 6) is -0.173. The summed E-state index contributed by atoms with van der Waals surface area (Å²) in [5.41, 5.74) is 1.84. The third kappa shape index (κ3) is 4.44. The maximum absolute atomic E-state index is 13.0. The second-order valence-electron chi connectivity index (χ2n) is 6.99. The minimum Gasteiger partial charge on any atom is -0.352 e. The smallest absolute Gasteiger partial charge is 0.226 e. The van der Waals surface area contributed by atoms with Crippen LogP contribution in [0.5, 0.6) is 0 Å². The number of thiazole rings is 1. The quantitative estimate of drug-likeness (QED) is 0.863. The molecule has 25 heavy (non-hydrogen) atoms. The second kappa shape index (κ2) is 7.22. The van der Waals surface area contributed by atoms with Crippen LogP contribution in [0, 0.1) is 5.82 Å². The van der Waals surface area contributed by atoms with Crippen LogP contribution < -0.4 is 5.32 Å². The predicted molar refractivity (Wildman–Crippen MR) is 96.2 cm³/mol. The van der Waals surface area contributed by atoms with Crippen LogP contribution in [0.4, 0.5) is 4.39 Å². The molecule has 2 heterocycles. The number of amides is 1. The number of likely N-dealkylation sites (tertiary alicyclic amines) is 1. The summed E-state index contributed by atoms with van der Waals surface area (Å²) >= 11 is 1.55. The molecule has 1 aliphatic carbocycles. The van der Waals surface area contributed by atoms with Gasteiger partial charge in [-0.05, 0) is 37.0 Å². The molecule has 1 unspecified atom stereocenters. The standard InChI is InChI=1S/C19H22FN3OS/c20-14-3-1-13(2-4-14)9-19-22-16(12-25-19)10-18(24)21-15-7-8-23(11-15)17-5-6-17/h1-4,12,15,17H,5-11H2,(H,21,24). The fourth-order valence-electron chi connectivity index (χ4n) is 3.41. The van der Waals surface area contributed by atoms with Crippen LogP contribution in [-0.2, 0) is 17.6 Å². The van der Waals surface area contributed by atoms with Crippen LogP contribution in [0.3, 0.4) is 0 Å². The maximum Gasteiger partial charge on any atom is 0.226 e. The number of rotatable bonds is 6. The van der Waals surface area contributed by atoms with Crippen LogP contribution in [-0.4, -0.2) is 41.0 Å². The number of halogens is 1. The van der Waals surface area contributed by atoms with E-state index in [-0.39, 0.29) is 17.8 Å². The van der Waals surface area contributed by atoms with E-state index in [9.17, 15) is 9.18 Å². The normalized spacial score (nSPS) is 20.8. The molecular formula is C19H22FN3OS. The number of hydrogen-bond donors (Lipinski definition) is 1. The van der Waals surface area contributed by atoms with Gasteiger partial charge in [-0.15, -0.1) is 11.3 Å². The van der Waals surface area contributed by atoms with E-state index in [4.69, 9.17) is 0 Å². The van der Waals surface area contributed by atoms with Gasteiger partial charge in [0.05, 0.1) is 17.1 Å². The Morgan fingerprint density at radius 2 is 2.08 bits per heavy atom. The first-order valence-electron chi connectivity index (χ1n) is 8.87. The highest BCUT2D eigenvalue weighted by atomic mass is 32.1. The Bertz CT molecular complexity index is 741. The Hall–Kier alpha value is -1.79. The van der Waals surface area contributed by atoms with Gasteiger partial charge in [0.2, 0.25) is 5.91 Å². The van der Waals surface area contributed by atoms with Gasteiger partial charge in [0.25, 0.3) is 0 Å². The number of benzene rings is 1. The summed E-state index contributed by atoms with van der Waals surface area (Å²) in [6.07, 6.45) is 4.69. The predicted octanol–water partition coefficient (Wildman–Crippen LogP) is 2.77. The highest BCUT2D eigenvalue weighted by molar-refractivity contribution is 7.09. The molecule has 1 saturated carbocycles. The van der Waals surface area contributed by atoms with E-state index >= 15 is 0 Å². The number of carbonyl (C=O) groups excluding carboxylic acids is 1. The molecule has 1 aromatic heterocycles. The number of nitrogens with one attached hydrogen (secondary N) is 1. The van der Waals surface area contributed by atoms with E-state index in [1.807, 2.05) is 5.38 Å². The molecule has 1 aromatic carbocycles. The van der Waals surface area contributed by atoms with Crippen molar-refractivity contribution in [2.24, 2.45) is 0 Å². The zero-order valence-electron chi connectivity index (χ0n) is 14.1. The van der Waals surface area contributed by atoms with Crippen molar-refractivity contribution >= 4 is 17.2 Å². The van der Waals surface area contributed by atoms with Crippen LogP contribution in [0.25, 0.3) is 0 Å². The summed E-state index contributed by atoms with van der Waals surface area (Å²) in [5, 5.41) is 6.05. The Labute approximate surface area is 151 Å². The topological polar surface area (TPSA) is 45.2 Å². The first kappa shape index (κ1) is 16.7. The van der Waals surface area contributed by atoms with E-state index in [2.05, 4.69) is 15.2 Å². The molecule has 1 amide bonds. The molecule has 0 bridgehead atoms. The van der Waals surface area contributed by atoms with Crippen molar-refractivity contribution in [1.29, 1.82) is 0 Å². The van der Waals surface area contributed by atoms with Crippen LogP contribution in [0.2, 0.25) is 0 Å². The van der Waals surface area contributed by atoms with Gasteiger partial charge in [-0.2, -0.15) is 0 Å². The zero-order valence-corrected chi connectivity index (χ0v) is 14.9. The van der Waals surface area contributed by atoms with Crippen molar-refractivity contribution in [3.05, 3.63) is 51.7 Å². The monoisotopic (exact) mass is 359 g/mol. The van der Waals surface area contributed by atoms with Crippen molar-refractivity contribution in [2.75, 3.05) is 13.1 Å². The lowest BCUT2D eigenvalue weighted by atomic mass is 10.1. The van der Waals surface area contributed by atoms with Crippen LogP contribution in [0.15, 0.2) is 29.6 Å². The second-order valence-corrected chi connectivity index (χ2v) is 7.93. The third-order valence-electron chi connectivity index (χ3n) is 4.86. The largest absolute Gasteiger partial charge is 0.352 e. The van der Waals surface area contributed by atoms with E-state index in [1.54, 1.807) is 23.5 Å². The van der Waals surface area contributed by atoms with Crippen LogP contribution in [0.1, 0.15) is 35.5 Å². The van der Waals surface area contributed by atoms with E-state index in [1.165, 1.54) is 25.0 Å². The van der Waals surface area contributed by atoms with Crippen molar-refractivity contribution in [3.63, 3.8) is 0 Å². The molecule has 2 aromatic rings. The zero-order chi connectivity index (χ0) is 17.2. The van der Waals surface area contributed by atoms with Gasteiger partial charge in [-0.3, -0.25) is 9.69 Å². The van der Waals surface area contributed by atoms with Crippen molar-refractivity contribution in [1.82, 2.24) is 15.2 Å². The molecule has 2 aliphatic rings. The van der Waals surface area contributed by atoms with E-state index < -0.39 is 0 Å². The average molecular weight is 359 g/mol. The molecule has 6 heteroatoms. The average Bonchev–Trinajstić information content (AvgIpc) is 3.19. The van der Waals surface area contributed by atoms with Gasteiger partial charge in [-0.1, -0.05) is 12.1 Å². The summed E-state index contributed by atoms with van der Waals surface area (Å²) in [6, 6.07) is 7.52. The van der Waals surface area contributed by atoms with E-state index in [0.29, 0.717) is 12.8 Å². The summed E-state index contributed by atoms with van der Waals surface area (Å²) in [4.78, 5) is 19.3. The molecule has 2 fully saturated rings. The molecule has 0 spiro atoms. The maximum atomic E-state index is 13.0. The molecule has 132 valence electrons. The highest BCUT2D eigenvalue weighted by Crippen LogP contribution is 2.29. The van der Waals surface area contributed by atoms with Gasteiger partial charge >= 0.3 is 0 Å². The lowest BCUT2D eigenvalue weighted by molar-refractivity contribution is -0.121. The Morgan fingerprint density at radius 3 is 2.84 bits per heavy atom. The fraction of sp³-hybridized carbons (Fsp3) is 0.474. The Morgan fingerprint density at radius 1 is 1.28 bits per heavy atom.